The van der Waals surface area contributed by atoms with Crippen LogP contribution in [0.15, 0.2) is 212 Å². The third-order valence-electron chi connectivity index (χ3n) is 12.2. The second-order valence-corrected chi connectivity index (χ2v) is 16.5. The van der Waals surface area contributed by atoms with E-state index in [1.54, 1.807) is 0 Å². The van der Waals surface area contributed by atoms with E-state index in [9.17, 15) is 0 Å². The molecule has 0 aliphatic heterocycles. The molecular formula is C56H35N3S. The minimum absolute atomic E-state index is 0.539. The molecule has 0 spiro atoms. The van der Waals surface area contributed by atoms with E-state index >= 15 is 0 Å². The zero-order valence-electron chi connectivity index (χ0n) is 32.5. The molecule has 1 aliphatic carbocycles. The van der Waals surface area contributed by atoms with Gasteiger partial charge in [0.05, 0.1) is 5.41 Å². The number of fused-ring (bicyclic) bond motifs is 8. The maximum Gasteiger partial charge on any atom is 0.164 e. The fourth-order valence-electron chi connectivity index (χ4n) is 9.67. The van der Waals surface area contributed by atoms with Crippen LogP contribution in [-0.4, -0.2) is 15.0 Å². The Morgan fingerprint density at radius 2 is 0.833 bits per heavy atom. The monoisotopic (exact) mass is 781 g/mol. The molecule has 0 fully saturated rings. The lowest BCUT2D eigenvalue weighted by Crippen LogP contribution is -2.28. The van der Waals surface area contributed by atoms with Crippen LogP contribution in [0.1, 0.15) is 22.3 Å². The Balaban J connectivity index is 1.17. The highest BCUT2D eigenvalue weighted by Gasteiger charge is 2.47. The second-order valence-electron chi connectivity index (χ2n) is 15.4. The quantitative estimate of drug-likeness (QED) is 0.169. The van der Waals surface area contributed by atoms with Gasteiger partial charge in [-0.25, -0.2) is 15.0 Å². The first-order chi connectivity index (χ1) is 29.8. The van der Waals surface area contributed by atoms with Crippen LogP contribution >= 0.6 is 11.3 Å². The summed E-state index contributed by atoms with van der Waals surface area (Å²) in [5.74, 6) is 1.95. The van der Waals surface area contributed by atoms with Gasteiger partial charge in [0.25, 0.3) is 0 Å². The molecule has 0 amide bonds. The Morgan fingerprint density at radius 1 is 0.350 bits per heavy atom. The molecule has 11 aromatic rings. The summed E-state index contributed by atoms with van der Waals surface area (Å²) >= 11 is 1.89. The standard InChI is InChI=1S/C56H35N3S/c1-5-19-36(20-6-1)53-57-54(37-21-7-2-8-22-37)59-55(58-53)43-34-33-42(40-27-13-14-28-41(40)43)46-35-48-50(51-45-30-16-18-32-49(45)60-52(46)51)44-29-15-17-31-47(44)56(48,38-23-9-3-10-24-38)39-25-11-4-12-26-39/h1-35H. The van der Waals surface area contributed by atoms with E-state index in [4.69, 9.17) is 15.0 Å². The second kappa shape index (κ2) is 13.8. The van der Waals surface area contributed by atoms with E-state index in [1.165, 1.54) is 64.7 Å². The minimum Gasteiger partial charge on any atom is -0.208 e. The van der Waals surface area contributed by atoms with Gasteiger partial charge < -0.3 is 0 Å². The summed E-state index contributed by atoms with van der Waals surface area (Å²) in [7, 11) is 0. The van der Waals surface area contributed by atoms with Crippen molar-refractivity contribution in [2.75, 3.05) is 0 Å². The third kappa shape index (κ3) is 5.18. The van der Waals surface area contributed by atoms with E-state index in [1.807, 2.05) is 47.7 Å². The maximum absolute atomic E-state index is 5.17. The highest BCUT2D eigenvalue weighted by molar-refractivity contribution is 7.26. The fourth-order valence-corrected chi connectivity index (χ4v) is 10.9. The summed E-state index contributed by atoms with van der Waals surface area (Å²) in [6.07, 6.45) is 0. The first-order valence-electron chi connectivity index (χ1n) is 20.4. The first-order valence-corrected chi connectivity index (χ1v) is 21.2. The number of hydrogen-bond donors (Lipinski definition) is 0. The van der Waals surface area contributed by atoms with Gasteiger partial charge in [-0.3, -0.25) is 0 Å². The molecule has 60 heavy (non-hydrogen) atoms. The molecule has 0 N–H and O–H groups in total. The van der Waals surface area contributed by atoms with Crippen molar-refractivity contribution < 1.29 is 0 Å². The van der Waals surface area contributed by atoms with E-state index in [2.05, 4.69) is 176 Å². The topological polar surface area (TPSA) is 38.7 Å². The molecule has 2 heterocycles. The average Bonchev–Trinajstić information content (AvgIpc) is 3.86. The predicted octanol–water partition coefficient (Wildman–Crippen LogP) is 14.4. The summed E-state index contributed by atoms with van der Waals surface area (Å²) < 4.78 is 2.57. The van der Waals surface area contributed by atoms with Crippen molar-refractivity contribution in [2.24, 2.45) is 0 Å². The van der Waals surface area contributed by atoms with Crippen molar-refractivity contribution >= 4 is 42.3 Å². The van der Waals surface area contributed by atoms with Crippen molar-refractivity contribution in [3.63, 3.8) is 0 Å². The van der Waals surface area contributed by atoms with Gasteiger partial charge in [0.2, 0.25) is 0 Å². The van der Waals surface area contributed by atoms with Crippen LogP contribution in [0.4, 0.5) is 0 Å². The summed E-state index contributed by atoms with van der Waals surface area (Å²) in [5.41, 5.74) is 12.5. The molecule has 0 radical (unpaired) electrons. The van der Waals surface area contributed by atoms with Crippen molar-refractivity contribution in [3.8, 4) is 56.4 Å². The first kappa shape index (κ1) is 34.5. The van der Waals surface area contributed by atoms with Crippen LogP contribution in [0.5, 0.6) is 0 Å². The molecule has 1 aliphatic rings. The maximum atomic E-state index is 5.17. The van der Waals surface area contributed by atoms with Gasteiger partial charge in [0.15, 0.2) is 17.5 Å². The van der Waals surface area contributed by atoms with Crippen molar-refractivity contribution in [1.82, 2.24) is 15.0 Å². The Kier molecular flexibility index (Phi) is 7.94. The highest BCUT2D eigenvalue weighted by atomic mass is 32.1. The van der Waals surface area contributed by atoms with Gasteiger partial charge in [0, 0.05) is 42.4 Å². The van der Waals surface area contributed by atoms with E-state index < -0.39 is 5.41 Å². The van der Waals surface area contributed by atoms with Crippen LogP contribution < -0.4 is 0 Å². The van der Waals surface area contributed by atoms with Gasteiger partial charge in [-0.15, -0.1) is 11.3 Å². The molecule has 0 atom stereocenters. The van der Waals surface area contributed by atoms with Crippen LogP contribution in [0.2, 0.25) is 0 Å². The smallest absolute Gasteiger partial charge is 0.164 e. The SMILES string of the molecule is c1ccc(-c2nc(-c3ccccc3)nc(-c3ccc(-c4cc5c(c6c4sc4ccccc46)-c4ccccc4C5(c4ccccc4)c4ccccc4)c4ccccc34)n2)cc1. The highest BCUT2D eigenvalue weighted by Crippen LogP contribution is 2.61. The Morgan fingerprint density at radius 3 is 1.47 bits per heavy atom. The van der Waals surface area contributed by atoms with E-state index in [0.717, 1.165) is 27.5 Å². The molecule has 0 saturated carbocycles. The number of rotatable bonds is 6. The van der Waals surface area contributed by atoms with Gasteiger partial charge in [-0.1, -0.05) is 194 Å². The Labute approximate surface area is 352 Å². The van der Waals surface area contributed by atoms with Crippen LogP contribution in [0.25, 0.3) is 87.4 Å². The van der Waals surface area contributed by atoms with Gasteiger partial charge in [0.1, 0.15) is 0 Å². The minimum atomic E-state index is -0.539. The molecule has 0 saturated heterocycles. The normalized spacial score (nSPS) is 12.8. The molecule has 4 heteroatoms. The average molecular weight is 782 g/mol. The fraction of sp³-hybridized carbons (Fsp3) is 0.0179. The molecule has 0 bridgehead atoms. The van der Waals surface area contributed by atoms with Crippen LogP contribution in [0, 0.1) is 0 Å². The Bertz CT molecular complexity index is 3320. The molecule has 280 valence electrons. The molecular weight excluding hydrogens is 747 g/mol. The predicted molar refractivity (Wildman–Crippen MR) is 249 cm³/mol. The lowest BCUT2D eigenvalue weighted by atomic mass is 9.67. The molecule has 2 aromatic heterocycles. The third-order valence-corrected chi connectivity index (χ3v) is 13.4. The lowest BCUT2D eigenvalue weighted by molar-refractivity contribution is 0.769. The van der Waals surface area contributed by atoms with Crippen molar-refractivity contribution in [2.45, 2.75) is 5.41 Å². The largest absolute Gasteiger partial charge is 0.208 e. The molecule has 0 unspecified atom stereocenters. The number of aromatic nitrogens is 3. The van der Waals surface area contributed by atoms with Gasteiger partial charge in [-0.05, 0) is 67.9 Å². The lowest BCUT2D eigenvalue weighted by Gasteiger charge is -2.34. The molecule has 3 nitrogen and oxygen atoms in total. The van der Waals surface area contributed by atoms with E-state index in [-0.39, 0.29) is 0 Å². The summed E-state index contributed by atoms with van der Waals surface area (Å²) in [6.45, 7) is 0. The zero-order chi connectivity index (χ0) is 39.6. The number of thiophene rings is 1. The van der Waals surface area contributed by atoms with Crippen molar-refractivity contribution in [3.05, 3.63) is 235 Å². The summed E-state index contributed by atoms with van der Waals surface area (Å²) in [6, 6.07) is 76.4. The summed E-state index contributed by atoms with van der Waals surface area (Å²) in [4.78, 5) is 15.3. The summed E-state index contributed by atoms with van der Waals surface area (Å²) in [5, 5.41) is 4.84. The van der Waals surface area contributed by atoms with Crippen molar-refractivity contribution in [1.29, 1.82) is 0 Å². The number of nitrogens with zero attached hydrogens (tertiary/aromatic N) is 3. The van der Waals surface area contributed by atoms with Gasteiger partial charge >= 0.3 is 0 Å². The Hall–Kier alpha value is -7.53. The molecule has 12 rings (SSSR count). The molecule has 9 aromatic carbocycles. The van der Waals surface area contributed by atoms with Crippen LogP contribution in [-0.2, 0) is 5.41 Å². The zero-order valence-corrected chi connectivity index (χ0v) is 33.3. The van der Waals surface area contributed by atoms with E-state index in [0.29, 0.717) is 17.5 Å². The van der Waals surface area contributed by atoms with Gasteiger partial charge in [-0.2, -0.15) is 0 Å². The van der Waals surface area contributed by atoms with Crippen LogP contribution in [0.3, 0.4) is 0 Å². The number of hydrogen-bond acceptors (Lipinski definition) is 4. The number of benzene rings is 9.